The van der Waals surface area contributed by atoms with E-state index in [1.165, 1.54) is 0 Å². The summed E-state index contributed by atoms with van der Waals surface area (Å²) in [6, 6.07) is 0. The van der Waals surface area contributed by atoms with Gasteiger partial charge in [0.05, 0.1) is 6.10 Å². The SMILES string of the molecule is CCCn1ccnc1CCCC(O)CC. The Balaban J connectivity index is 2.33. The molecule has 1 rings (SSSR count). The lowest BCUT2D eigenvalue weighted by Gasteiger charge is -2.08. The smallest absolute Gasteiger partial charge is 0.108 e. The van der Waals surface area contributed by atoms with Gasteiger partial charge in [-0.15, -0.1) is 0 Å². The maximum absolute atomic E-state index is 9.43. The summed E-state index contributed by atoms with van der Waals surface area (Å²) in [5.41, 5.74) is 0. The zero-order chi connectivity index (χ0) is 11.1. The standard InChI is InChI=1S/C12H22N2O/c1-3-9-14-10-8-13-12(14)7-5-6-11(15)4-2/h8,10-11,15H,3-7,9H2,1-2H3. The van der Waals surface area contributed by atoms with Crippen molar-refractivity contribution in [1.82, 2.24) is 9.55 Å². The first-order valence-corrected chi connectivity index (χ1v) is 5.96. The third-order valence-corrected chi connectivity index (χ3v) is 2.68. The van der Waals surface area contributed by atoms with Crippen molar-refractivity contribution in [2.75, 3.05) is 0 Å². The number of aromatic nitrogens is 2. The molecule has 0 saturated carbocycles. The van der Waals surface area contributed by atoms with Crippen molar-refractivity contribution in [3.8, 4) is 0 Å². The second-order valence-electron chi connectivity index (χ2n) is 3.99. The Morgan fingerprint density at radius 3 is 2.93 bits per heavy atom. The lowest BCUT2D eigenvalue weighted by molar-refractivity contribution is 0.157. The summed E-state index contributed by atoms with van der Waals surface area (Å²) < 4.78 is 2.21. The molecule has 1 N–H and O–H groups in total. The fourth-order valence-electron chi connectivity index (χ4n) is 1.71. The van der Waals surface area contributed by atoms with Crippen molar-refractivity contribution >= 4 is 0 Å². The zero-order valence-electron chi connectivity index (χ0n) is 9.82. The van der Waals surface area contributed by atoms with Gasteiger partial charge in [-0.05, 0) is 25.7 Å². The molecule has 1 heterocycles. The van der Waals surface area contributed by atoms with Crippen LogP contribution >= 0.6 is 0 Å². The molecule has 1 unspecified atom stereocenters. The Bertz CT molecular complexity index is 270. The quantitative estimate of drug-likeness (QED) is 0.750. The summed E-state index contributed by atoms with van der Waals surface area (Å²) >= 11 is 0. The van der Waals surface area contributed by atoms with Crippen molar-refractivity contribution in [3.63, 3.8) is 0 Å². The third kappa shape index (κ3) is 4.04. The summed E-state index contributed by atoms with van der Waals surface area (Å²) in [5, 5.41) is 9.43. The van der Waals surface area contributed by atoms with Crippen LogP contribution in [0.2, 0.25) is 0 Å². The molecule has 0 bridgehead atoms. The van der Waals surface area contributed by atoms with Gasteiger partial charge < -0.3 is 9.67 Å². The van der Waals surface area contributed by atoms with Crippen LogP contribution in [-0.2, 0) is 13.0 Å². The van der Waals surface area contributed by atoms with E-state index in [1.807, 2.05) is 19.3 Å². The highest BCUT2D eigenvalue weighted by Crippen LogP contribution is 2.07. The summed E-state index contributed by atoms with van der Waals surface area (Å²) in [7, 11) is 0. The zero-order valence-corrected chi connectivity index (χ0v) is 9.82. The molecular weight excluding hydrogens is 188 g/mol. The highest BCUT2D eigenvalue weighted by atomic mass is 16.3. The van der Waals surface area contributed by atoms with Gasteiger partial charge in [0.1, 0.15) is 5.82 Å². The number of hydrogen-bond acceptors (Lipinski definition) is 2. The molecule has 0 amide bonds. The van der Waals surface area contributed by atoms with Crippen LogP contribution in [0.25, 0.3) is 0 Å². The van der Waals surface area contributed by atoms with E-state index in [4.69, 9.17) is 0 Å². The number of aliphatic hydroxyl groups is 1. The second-order valence-corrected chi connectivity index (χ2v) is 3.99. The summed E-state index contributed by atoms with van der Waals surface area (Å²) in [5.74, 6) is 1.15. The van der Waals surface area contributed by atoms with Gasteiger partial charge in [-0.3, -0.25) is 0 Å². The van der Waals surface area contributed by atoms with E-state index in [1.54, 1.807) is 0 Å². The fraction of sp³-hybridized carbons (Fsp3) is 0.750. The number of rotatable bonds is 7. The topological polar surface area (TPSA) is 38.0 Å². The minimum Gasteiger partial charge on any atom is -0.393 e. The van der Waals surface area contributed by atoms with E-state index < -0.39 is 0 Å². The first-order chi connectivity index (χ1) is 7.27. The van der Waals surface area contributed by atoms with E-state index >= 15 is 0 Å². The second kappa shape index (κ2) is 6.62. The summed E-state index contributed by atoms with van der Waals surface area (Å²) in [6.45, 7) is 5.24. The van der Waals surface area contributed by atoms with Crippen LogP contribution in [-0.4, -0.2) is 20.8 Å². The average Bonchev–Trinajstić information content (AvgIpc) is 2.66. The lowest BCUT2D eigenvalue weighted by atomic mass is 10.1. The van der Waals surface area contributed by atoms with Gasteiger partial charge in [0.25, 0.3) is 0 Å². The van der Waals surface area contributed by atoms with Gasteiger partial charge in [0, 0.05) is 25.4 Å². The van der Waals surface area contributed by atoms with Crippen molar-refractivity contribution in [2.24, 2.45) is 0 Å². The molecule has 0 aliphatic heterocycles. The van der Waals surface area contributed by atoms with Crippen LogP contribution < -0.4 is 0 Å². The molecule has 0 aliphatic rings. The molecule has 0 spiro atoms. The van der Waals surface area contributed by atoms with E-state index in [-0.39, 0.29) is 6.10 Å². The number of hydrogen-bond donors (Lipinski definition) is 1. The Kier molecular flexibility index (Phi) is 5.40. The molecule has 1 aromatic rings. The van der Waals surface area contributed by atoms with E-state index in [0.29, 0.717) is 0 Å². The number of nitrogens with zero attached hydrogens (tertiary/aromatic N) is 2. The molecule has 86 valence electrons. The fourth-order valence-corrected chi connectivity index (χ4v) is 1.71. The minimum atomic E-state index is -0.139. The average molecular weight is 210 g/mol. The number of aliphatic hydroxyl groups excluding tert-OH is 1. The van der Waals surface area contributed by atoms with Crippen LogP contribution in [0, 0.1) is 0 Å². The first kappa shape index (κ1) is 12.2. The number of imidazole rings is 1. The van der Waals surface area contributed by atoms with Crippen molar-refractivity contribution in [2.45, 2.75) is 58.6 Å². The van der Waals surface area contributed by atoms with Crippen molar-refractivity contribution < 1.29 is 5.11 Å². The van der Waals surface area contributed by atoms with Gasteiger partial charge in [-0.2, -0.15) is 0 Å². The van der Waals surface area contributed by atoms with Gasteiger partial charge in [-0.25, -0.2) is 4.98 Å². The Labute approximate surface area is 92.1 Å². The molecule has 1 aromatic heterocycles. The molecule has 0 saturated heterocycles. The van der Waals surface area contributed by atoms with Gasteiger partial charge >= 0.3 is 0 Å². The maximum Gasteiger partial charge on any atom is 0.108 e. The normalized spacial score (nSPS) is 13.0. The maximum atomic E-state index is 9.43. The number of aryl methyl sites for hydroxylation is 2. The van der Waals surface area contributed by atoms with E-state index in [9.17, 15) is 5.11 Å². The van der Waals surface area contributed by atoms with Gasteiger partial charge in [0.15, 0.2) is 0 Å². The Morgan fingerprint density at radius 2 is 2.27 bits per heavy atom. The summed E-state index contributed by atoms with van der Waals surface area (Å²) in [4.78, 5) is 4.34. The highest BCUT2D eigenvalue weighted by molar-refractivity contribution is 4.92. The molecule has 0 aliphatic carbocycles. The lowest BCUT2D eigenvalue weighted by Crippen LogP contribution is -2.07. The molecular formula is C12H22N2O. The molecule has 1 atom stereocenters. The molecule has 3 nitrogen and oxygen atoms in total. The Hall–Kier alpha value is -0.830. The molecule has 0 fully saturated rings. The van der Waals surface area contributed by atoms with Crippen LogP contribution in [0.15, 0.2) is 12.4 Å². The highest BCUT2D eigenvalue weighted by Gasteiger charge is 2.04. The largest absolute Gasteiger partial charge is 0.393 e. The van der Waals surface area contributed by atoms with E-state index in [0.717, 1.165) is 44.5 Å². The predicted molar refractivity (Wildman–Crippen MR) is 61.8 cm³/mol. The molecule has 0 aromatic carbocycles. The Morgan fingerprint density at radius 1 is 1.47 bits per heavy atom. The van der Waals surface area contributed by atoms with Gasteiger partial charge in [0.2, 0.25) is 0 Å². The molecule has 15 heavy (non-hydrogen) atoms. The predicted octanol–water partition coefficient (Wildman–Crippen LogP) is 2.39. The van der Waals surface area contributed by atoms with Crippen molar-refractivity contribution in [1.29, 1.82) is 0 Å². The monoisotopic (exact) mass is 210 g/mol. The van der Waals surface area contributed by atoms with Crippen LogP contribution in [0.5, 0.6) is 0 Å². The molecule has 0 radical (unpaired) electrons. The van der Waals surface area contributed by atoms with E-state index in [2.05, 4.69) is 16.5 Å². The van der Waals surface area contributed by atoms with Crippen molar-refractivity contribution in [3.05, 3.63) is 18.2 Å². The van der Waals surface area contributed by atoms with Crippen LogP contribution in [0.3, 0.4) is 0 Å². The van der Waals surface area contributed by atoms with Gasteiger partial charge in [-0.1, -0.05) is 13.8 Å². The molecule has 3 heteroatoms. The van der Waals surface area contributed by atoms with Crippen LogP contribution in [0.4, 0.5) is 0 Å². The first-order valence-electron chi connectivity index (χ1n) is 5.96. The summed E-state index contributed by atoms with van der Waals surface area (Å²) in [6.07, 6.45) is 8.63. The third-order valence-electron chi connectivity index (χ3n) is 2.68. The minimum absolute atomic E-state index is 0.139. The van der Waals surface area contributed by atoms with Crippen LogP contribution in [0.1, 0.15) is 45.4 Å².